The lowest BCUT2D eigenvalue weighted by atomic mass is 10.0. The normalized spacial score (nSPS) is 10.4. The molecule has 0 atom stereocenters. The molecule has 0 heterocycles. The summed E-state index contributed by atoms with van der Waals surface area (Å²) >= 11 is 4.92. The maximum absolute atomic E-state index is 12.0. The predicted octanol–water partition coefficient (Wildman–Crippen LogP) is 3.46. The summed E-state index contributed by atoms with van der Waals surface area (Å²) < 4.78 is 5.55. The number of benzene rings is 2. The van der Waals surface area contributed by atoms with Crippen molar-refractivity contribution in [1.29, 1.82) is 0 Å². The van der Waals surface area contributed by atoms with Gasteiger partial charge in [0.05, 0.1) is 0 Å². The van der Waals surface area contributed by atoms with E-state index in [2.05, 4.69) is 19.2 Å². The zero-order valence-electron chi connectivity index (χ0n) is 13.2. The average Bonchev–Trinajstić information content (AvgIpc) is 2.53. The molecule has 0 saturated carbocycles. The van der Waals surface area contributed by atoms with Gasteiger partial charge >= 0.3 is 0 Å². The summed E-state index contributed by atoms with van der Waals surface area (Å²) in [7, 11) is 0. The lowest BCUT2D eigenvalue weighted by molar-refractivity contribution is -0.118. The first-order valence-corrected chi connectivity index (χ1v) is 7.79. The average molecular weight is 328 g/mol. The molecule has 0 spiro atoms. The fraction of sp³-hybridized carbons (Fsp3) is 0.222. The number of carbonyl (C=O) groups is 1. The second kappa shape index (κ2) is 7.74. The molecule has 4 nitrogen and oxygen atoms in total. The van der Waals surface area contributed by atoms with Crippen molar-refractivity contribution < 1.29 is 9.53 Å². The van der Waals surface area contributed by atoms with Crippen LogP contribution in [0.25, 0.3) is 0 Å². The van der Waals surface area contributed by atoms with Crippen LogP contribution in [0.1, 0.15) is 30.9 Å². The number of nitrogens with two attached hydrogens (primary N) is 1. The number of nitrogens with one attached hydrogen (secondary N) is 1. The molecule has 0 fully saturated rings. The van der Waals surface area contributed by atoms with Gasteiger partial charge < -0.3 is 15.8 Å². The maximum Gasteiger partial charge on any atom is 0.262 e. The second-order valence-electron chi connectivity index (χ2n) is 5.51. The van der Waals surface area contributed by atoms with Crippen molar-refractivity contribution in [3.63, 3.8) is 0 Å². The molecular formula is C18H20N2O2S. The van der Waals surface area contributed by atoms with E-state index in [1.807, 2.05) is 24.3 Å². The van der Waals surface area contributed by atoms with Gasteiger partial charge in [0.1, 0.15) is 10.7 Å². The number of hydrogen-bond donors (Lipinski definition) is 2. The third kappa shape index (κ3) is 5.07. The first-order valence-electron chi connectivity index (χ1n) is 7.38. The number of anilines is 1. The molecule has 0 saturated heterocycles. The Morgan fingerprint density at radius 1 is 1.22 bits per heavy atom. The molecule has 2 rings (SSSR count). The zero-order valence-corrected chi connectivity index (χ0v) is 14.0. The third-order valence-corrected chi connectivity index (χ3v) is 3.56. The molecule has 0 aromatic heterocycles. The molecule has 0 unspecified atom stereocenters. The summed E-state index contributed by atoms with van der Waals surface area (Å²) in [5.74, 6) is 0.860. The van der Waals surface area contributed by atoms with Crippen molar-refractivity contribution in [2.45, 2.75) is 19.8 Å². The van der Waals surface area contributed by atoms with Crippen LogP contribution < -0.4 is 15.8 Å². The van der Waals surface area contributed by atoms with E-state index in [9.17, 15) is 4.79 Å². The highest BCUT2D eigenvalue weighted by atomic mass is 32.1. The summed E-state index contributed by atoms with van der Waals surface area (Å²) in [4.78, 5) is 12.3. The van der Waals surface area contributed by atoms with Crippen LogP contribution in [-0.4, -0.2) is 17.5 Å². The SMILES string of the molecule is CC(C)c1cccc(OCC(=O)Nc2cccc(C(N)=S)c2)c1. The van der Waals surface area contributed by atoms with Crippen molar-refractivity contribution >= 4 is 28.8 Å². The first kappa shape index (κ1) is 17.0. The smallest absolute Gasteiger partial charge is 0.262 e. The van der Waals surface area contributed by atoms with Crippen LogP contribution in [0.3, 0.4) is 0 Å². The molecule has 3 N–H and O–H groups in total. The largest absolute Gasteiger partial charge is 0.484 e. The Balaban J connectivity index is 1.94. The van der Waals surface area contributed by atoms with Gasteiger partial charge in [0.25, 0.3) is 5.91 Å². The van der Waals surface area contributed by atoms with Gasteiger partial charge in [0, 0.05) is 11.3 Å². The summed E-state index contributed by atoms with van der Waals surface area (Å²) in [6, 6.07) is 14.9. The third-order valence-electron chi connectivity index (χ3n) is 3.33. The van der Waals surface area contributed by atoms with Crippen LogP contribution >= 0.6 is 12.2 Å². The minimum atomic E-state index is -0.236. The molecule has 0 bridgehead atoms. The molecule has 0 aliphatic rings. The lowest BCUT2D eigenvalue weighted by Gasteiger charge is -2.10. The highest BCUT2D eigenvalue weighted by molar-refractivity contribution is 7.80. The molecule has 23 heavy (non-hydrogen) atoms. The van der Waals surface area contributed by atoms with Gasteiger partial charge in [-0.2, -0.15) is 0 Å². The molecule has 1 amide bonds. The number of hydrogen-bond acceptors (Lipinski definition) is 3. The van der Waals surface area contributed by atoms with E-state index >= 15 is 0 Å². The van der Waals surface area contributed by atoms with E-state index in [1.165, 1.54) is 5.56 Å². The minimum Gasteiger partial charge on any atom is -0.484 e. The maximum atomic E-state index is 12.0. The van der Waals surface area contributed by atoms with Crippen LogP contribution in [0, 0.1) is 0 Å². The Hall–Kier alpha value is -2.40. The van der Waals surface area contributed by atoms with Crippen molar-refractivity contribution in [2.75, 3.05) is 11.9 Å². The Morgan fingerprint density at radius 2 is 1.96 bits per heavy atom. The predicted molar refractivity (Wildman–Crippen MR) is 97.0 cm³/mol. The highest BCUT2D eigenvalue weighted by Gasteiger charge is 2.06. The Labute approximate surface area is 141 Å². The summed E-state index contributed by atoms with van der Waals surface area (Å²) in [5.41, 5.74) is 8.10. The molecule has 2 aromatic rings. The Morgan fingerprint density at radius 3 is 2.65 bits per heavy atom. The molecule has 0 aliphatic heterocycles. The Kier molecular flexibility index (Phi) is 5.71. The zero-order chi connectivity index (χ0) is 16.8. The summed E-state index contributed by atoms with van der Waals surface area (Å²) in [6.07, 6.45) is 0. The van der Waals surface area contributed by atoms with E-state index in [4.69, 9.17) is 22.7 Å². The first-order chi connectivity index (χ1) is 11.0. The van der Waals surface area contributed by atoms with Crippen LogP contribution in [0.15, 0.2) is 48.5 Å². The molecule has 0 aliphatic carbocycles. The number of carbonyl (C=O) groups excluding carboxylic acids is 1. The van der Waals surface area contributed by atoms with Crippen molar-refractivity contribution in [3.05, 3.63) is 59.7 Å². The molecule has 2 aromatic carbocycles. The fourth-order valence-corrected chi connectivity index (χ4v) is 2.19. The lowest BCUT2D eigenvalue weighted by Crippen LogP contribution is -2.20. The van der Waals surface area contributed by atoms with Crippen LogP contribution in [-0.2, 0) is 4.79 Å². The van der Waals surface area contributed by atoms with Gasteiger partial charge in [-0.3, -0.25) is 4.79 Å². The molecular weight excluding hydrogens is 308 g/mol. The Bertz CT molecular complexity index is 714. The van der Waals surface area contributed by atoms with Gasteiger partial charge in [0.15, 0.2) is 6.61 Å². The number of rotatable bonds is 6. The second-order valence-corrected chi connectivity index (χ2v) is 5.95. The van der Waals surface area contributed by atoms with Gasteiger partial charge in [-0.1, -0.05) is 50.3 Å². The highest BCUT2D eigenvalue weighted by Crippen LogP contribution is 2.20. The standard InChI is InChI=1S/C18H20N2O2S/c1-12(2)13-5-4-8-16(10-13)22-11-17(21)20-15-7-3-6-14(9-15)18(19)23/h3-10,12H,11H2,1-2H3,(H2,19,23)(H,20,21). The van der Waals surface area contributed by atoms with E-state index in [0.29, 0.717) is 27.9 Å². The van der Waals surface area contributed by atoms with E-state index in [0.717, 1.165) is 0 Å². The van der Waals surface area contributed by atoms with Gasteiger partial charge in [-0.15, -0.1) is 0 Å². The van der Waals surface area contributed by atoms with Gasteiger partial charge in [-0.05, 0) is 35.7 Å². The number of ether oxygens (including phenoxy) is 1. The van der Waals surface area contributed by atoms with Crippen molar-refractivity contribution in [2.24, 2.45) is 5.73 Å². The topological polar surface area (TPSA) is 64.3 Å². The van der Waals surface area contributed by atoms with E-state index < -0.39 is 0 Å². The summed E-state index contributed by atoms with van der Waals surface area (Å²) in [5, 5.41) is 2.77. The van der Waals surface area contributed by atoms with Crippen molar-refractivity contribution in [3.8, 4) is 5.75 Å². The monoisotopic (exact) mass is 328 g/mol. The van der Waals surface area contributed by atoms with Gasteiger partial charge in [-0.25, -0.2) is 0 Å². The van der Waals surface area contributed by atoms with Crippen molar-refractivity contribution in [1.82, 2.24) is 0 Å². The molecule has 120 valence electrons. The number of amides is 1. The minimum absolute atomic E-state index is 0.0567. The van der Waals surface area contributed by atoms with Crippen LogP contribution in [0.5, 0.6) is 5.75 Å². The van der Waals surface area contributed by atoms with E-state index in [1.54, 1.807) is 24.3 Å². The molecule has 5 heteroatoms. The van der Waals surface area contributed by atoms with Gasteiger partial charge in [0.2, 0.25) is 0 Å². The summed E-state index contributed by atoms with van der Waals surface area (Å²) in [6.45, 7) is 4.17. The van der Waals surface area contributed by atoms with Crippen LogP contribution in [0.2, 0.25) is 0 Å². The number of thiocarbonyl (C=S) groups is 1. The quantitative estimate of drug-likeness (QED) is 0.797. The molecule has 0 radical (unpaired) electrons. The van der Waals surface area contributed by atoms with E-state index in [-0.39, 0.29) is 12.5 Å². The van der Waals surface area contributed by atoms with Crippen LogP contribution in [0.4, 0.5) is 5.69 Å². The fourth-order valence-electron chi connectivity index (χ4n) is 2.06.